The molecule has 35 heavy (non-hydrogen) atoms. The molecule has 3 nitrogen and oxygen atoms in total. The number of carbonyl (C=O) groups is 1. The van der Waals surface area contributed by atoms with Crippen molar-refractivity contribution in [1.29, 1.82) is 0 Å². The fraction of sp³-hybridized carbons (Fsp3) is 0.552. The predicted molar refractivity (Wildman–Crippen MR) is 129 cm³/mol. The quantitative estimate of drug-likeness (QED) is 0.294. The van der Waals surface area contributed by atoms with Crippen LogP contribution in [0.1, 0.15) is 93.7 Å². The van der Waals surface area contributed by atoms with Crippen LogP contribution in [0.3, 0.4) is 0 Å². The number of hydrogen-bond donors (Lipinski definition) is 0. The molecule has 190 valence electrons. The summed E-state index contributed by atoms with van der Waals surface area (Å²) in [6, 6.07) is 8.21. The van der Waals surface area contributed by atoms with E-state index in [1.165, 1.54) is 6.07 Å². The summed E-state index contributed by atoms with van der Waals surface area (Å²) in [5, 5.41) is 0. The molecule has 2 aromatic rings. The molecule has 2 aliphatic carbocycles. The van der Waals surface area contributed by atoms with Crippen LogP contribution < -0.4 is 4.74 Å². The van der Waals surface area contributed by atoms with Crippen molar-refractivity contribution >= 4 is 5.97 Å². The molecule has 2 saturated carbocycles. The summed E-state index contributed by atoms with van der Waals surface area (Å²) in [6.07, 6.45) is 6.25. The van der Waals surface area contributed by atoms with E-state index in [0.717, 1.165) is 31.2 Å². The topological polar surface area (TPSA) is 35.5 Å². The van der Waals surface area contributed by atoms with Crippen LogP contribution in [0.5, 0.6) is 5.75 Å². The van der Waals surface area contributed by atoms with Gasteiger partial charge in [0, 0.05) is 12.2 Å². The molecule has 2 fully saturated rings. The van der Waals surface area contributed by atoms with E-state index in [1.54, 1.807) is 18.2 Å². The smallest absolute Gasteiger partial charge is 0.314 e. The molecule has 2 aliphatic rings. The molecule has 6 heteroatoms. The molecule has 2 aromatic carbocycles. The molecule has 0 spiro atoms. The van der Waals surface area contributed by atoms with Crippen LogP contribution in [-0.2, 0) is 16.1 Å². The Morgan fingerprint density at radius 3 is 2.23 bits per heavy atom. The largest absolute Gasteiger partial charge is 0.423 e. The maximum absolute atomic E-state index is 14.8. The fourth-order valence-corrected chi connectivity index (χ4v) is 5.51. The number of esters is 1. The molecule has 0 aromatic heterocycles. The minimum atomic E-state index is -1.08. The lowest BCUT2D eigenvalue weighted by atomic mass is 9.78. The van der Waals surface area contributed by atoms with E-state index in [0.29, 0.717) is 49.3 Å². The van der Waals surface area contributed by atoms with Crippen LogP contribution in [0.15, 0.2) is 30.3 Å². The van der Waals surface area contributed by atoms with Crippen LogP contribution in [0.4, 0.5) is 13.2 Å². The van der Waals surface area contributed by atoms with Gasteiger partial charge in [0.15, 0.2) is 11.6 Å². The number of hydrogen-bond acceptors (Lipinski definition) is 3. The highest BCUT2D eigenvalue weighted by molar-refractivity contribution is 5.75. The first-order chi connectivity index (χ1) is 16.9. The van der Waals surface area contributed by atoms with Crippen molar-refractivity contribution in [1.82, 2.24) is 0 Å². The fourth-order valence-electron chi connectivity index (χ4n) is 5.51. The Labute approximate surface area is 206 Å². The zero-order valence-corrected chi connectivity index (χ0v) is 20.6. The zero-order chi connectivity index (χ0) is 24.9. The summed E-state index contributed by atoms with van der Waals surface area (Å²) in [6.45, 7) is 4.83. The van der Waals surface area contributed by atoms with Gasteiger partial charge in [-0.2, -0.15) is 4.39 Å². The summed E-state index contributed by atoms with van der Waals surface area (Å²) in [5.41, 5.74) is 1.83. The van der Waals surface area contributed by atoms with Crippen molar-refractivity contribution in [2.75, 3.05) is 6.61 Å². The lowest BCUT2D eigenvalue weighted by molar-refractivity contribution is -0.140. The molecule has 0 radical (unpaired) electrons. The van der Waals surface area contributed by atoms with Crippen molar-refractivity contribution in [3.05, 3.63) is 64.5 Å². The van der Waals surface area contributed by atoms with Gasteiger partial charge >= 0.3 is 5.97 Å². The van der Waals surface area contributed by atoms with Crippen LogP contribution in [0.2, 0.25) is 0 Å². The van der Waals surface area contributed by atoms with Gasteiger partial charge in [-0.15, -0.1) is 0 Å². The Kier molecular flexibility index (Phi) is 8.53. The summed E-state index contributed by atoms with van der Waals surface area (Å²) in [5.74, 6) is -2.71. The van der Waals surface area contributed by atoms with E-state index >= 15 is 0 Å². The number of benzene rings is 2. The first-order valence-corrected chi connectivity index (χ1v) is 12.9. The Bertz CT molecular complexity index is 1020. The molecular weight excluding hydrogens is 453 g/mol. The lowest BCUT2D eigenvalue weighted by Crippen LogP contribution is -2.25. The maximum atomic E-state index is 14.8. The van der Waals surface area contributed by atoms with Crippen molar-refractivity contribution in [2.45, 2.75) is 83.7 Å². The Balaban J connectivity index is 1.33. The molecule has 0 amide bonds. The minimum absolute atomic E-state index is 0.0128. The number of rotatable bonds is 7. The third kappa shape index (κ3) is 6.08. The second-order valence-electron chi connectivity index (χ2n) is 10.2. The molecular formula is C29H35F3O3. The number of carbonyl (C=O) groups excluding carboxylic acids is 1. The van der Waals surface area contributed by atoms with Gasteiger partial charge < -0.3 is 9.47 Å². The van der Waals surface area contributed by atoms with Gasteiger partial charge in [-0.3, -0.25) is 4.79 Å². The average Bonchev–Trinajstić information content (AvgIpc) is 2.87. The number of ether oxygens (including phenoxy) is 2. The molecule has 4 rings (SSSR count). The van der Waals surface area contributed by atoms with Crippen molar-refractivity contribution in [3.63, 3.8) is 0 Å². The van der Waals surface area contributed by atoms with Gasteiger partial charge in [-0.25, -0.2) is 8.78 Å². The van der Waals surface area contributed by atoms with Gasteiger partial charge in [0.1, 0.15) is 5.82 Å². The van der Waals surface area contributed by atoms with E-state index in [9.17, 15) is 18.0 Å². The summed E-state index contributed by atoms with van der Waals surface area (Å²) in [4.78, 5) is 12.7. The van der Waals surface area contributed by atoms with Crippen molar-refractivity contribution < 1.29 is 27.4 Å². The van der Waals surface area contributed by atoms with Crippen LogP contribution in [0.25, 0.3) is 0 Å². The van der Waals surface area contributed by atoms with Gasteiger partial charge in [0.2, 0.25) is 5.82 Å². The van der Waals surface area contributed by atoms with Gasteiger partial charge in [-0.05, 0) is 86.5 Å². The zero-order valence-electron chi connectivity index (χ0n) is 20.6. The molecule has 0 heterocycles. The maximum Gasteiger partial charge on any atom is 0.314 e. The highest BCUT2D eigenvalue weighted by Crippen LogP contribution is 2.40. The highest BCUT2D eigenvalue weighted by atomic mass is 19.2. The molecule has 0 unspecified atom stereocenters. The second kappa shape index (κ2) is 11.6. The minimum Gasteiger partial charge on any atom is -0.423 e. The molecule has 0 bridgehead atoms. The van der Waals surface area contributed by atoms with Gasteiger partial charge in [0.25, 0.3) is 0 Å². The third-order valence-corrected chi connectivity index (χ3v) is 7.81. The van der Waals surface area contributed by atoms with Crippen LogP contribution >= 0.6 is 0 Å². The van der Waals surface area contributed by atoms with Crippen LogP contribution in [-0.4, -0.2) is 12.6 Å². The monoisotopic (exact) mass is 488 g/mol. The van der Waals surface area contributed by atoms with Crippen molar-refractivity contribution in [2.24, 2.45) is 11.8 Å². The average molecular weight is 489 g/mol. The molecule has 0 aliphatic heterocycles. The lowest BCUT2D eigenvalue weighted by Gasteiger charge is -2.28. The Hall–Kier alpha value is -2.34. The van der Waals surface area contributed by atoms with Crippen LogP contribution in [0, 0.1) is 29.3 Å². The number of halogens is 3. The standard InChI is InChI=1S/C29H35F3O3/c1-3-34-17-23-13-12-22(16-25(23)30)19-8-10-21(11-9-19)29(33)35-26-15-14-24(27(31)28(26)32)20-6-4-18(2)5-7-20/h12-16,18-21H,3-11,17H2,1-2H3. The second-order valence-corrected chi connectivity index (χ2v) is 10.2. The SMILES string of the molecule is CCOCc1ccc(C2CCC(C(=O)Oc3ccc(C4CCC(C)CC4)c(F)c3F)CC2)cc1F. The molecule has 0 atom stereocenters. The van der Waals surface area contributed by atoms with E-state index < -0.39 is 17.6 Å². The first-order valence-electron chi connectivity index (χ1n) is 12.9. The summed E-state index contributed by atoms with van der Waals surface area (Å²) < 4.78 is 54.5. The molecule has 0 saturated heterocycles. The Morgan fingerprint density at radius 1 is 0.886 bits per heavy atom. The first kappa shape index (κ1) is 25.7. The van der Waals surface area contributed by atoms with E-state index in [1.807, 2.05) is 13.0 Å². The van der Waals surface area contributed by atoms with E-state index in [-0.39, 0.29) is 35.9 Å². The predicted octanol–water partition coefficient (Wildman–Crippen LogP) is 7.81. The molecule has 0 N–H and O–H groups in total. The van der Waals surface area contributed by atoms with E-state index in [4.69, 9.17) is 9.47 Å². The van der Waals surface area contributed by atoms with Crippen molar-refractivity contribution in [3.8, 4) is 5.75 Å². The van der Waals surface area contributed by atoms with Gasteiger partial charge in [0.05, 0.1) is 12.5 Å². The summed E-state index contributed by atoms with van der Waals surface area (Å²) in [7, 11) is 0. The van der Waals surface area contributed by atoms with E-state index in [2.05, 4.69) is 6.92 Å². The summed E-state index contributed by atoms with van der Waals surface area (Å²) >= 11 is 0. The normalized spacial score (nSPS) is 24.8. The highest BCUT2D eigenvalue weighted by Gasteiger charge is 2.31. The third-order valence-electron chi connectivity index (χ3n) is 7.81. The van der Waals surface area contributed by atoms with Gasteiger partial charge in [-0.1, -0.05) is 38.0 Å². The Morgan fingerprint density at radius 2 is 1.57 bits per heavy atom.